The third-order valence-electron chi connectivity index (χ3n) is 7.03. The number of benzene rings is 3. The van der Waals surface area contributed by atoms with E-state index in [9.17, 15) is 9.90 Å². The number of phenols is 1. The molecule has 0 radical (unpaired) electrons. The van der Waals surface area contributed by atoms with Gasteiger partial charge in [-0.05, 0) is 47.4 Å². The van der Waals surface area contributed by atoms with Crippen molar-refractivity contribution in [1.29, 1.82) is 0 Å². The first-order valence-electron chi connectivity index (χ1n) is 12.1. The zero-order valence-electron chi connectivity index (χ0n) is 19.5. The average Bonchev–Trinajstić information content (AvgIpc) is 3.21. The van der Waals surface area contributed by atoms with Gasteiger partial charge in [-0.1, -0.05) is 30.3 Å². The van der Waals surface area contributed by atoms with Gasteiger partial charge in [-0.2, -0.15) is 4.98 Å². The van der Waals surface area contributed by atoms with Crippen LogP contribution < -0.4 is 15.5 Å². The Balaban J connectivity index is 1.53. The Morgan fingerprint density at radius 2 is 1.83 bits per heavy atom. The zero-order valence-corrected chi connectivity index (χ0v) is 19.5. The first-order chi connectivity index (χ1) is 17.5. The molecule has 2 atom stereocenters. The summed E-state index contributed by atoms with van der Waals surface area (Å²) in [5.41, 5.74) is 0.943. The molecule has 3 heterocycles. The number of aliphatic hydroxyl groups is 1. The van der Waals surface area contributed by atoms with E-state index in [-0.39, 0.29) is 30.2 Å². The largest absolute Gasteiger partial charge is 0.508 e. The maximum atomic E-state index is 16.2. The van der Waals surface area contributed by atoms with Gasteiger partial charge in [0.2, 0.25) is 11.9 Å². The SMILES string of the molecule is O=C(CCO)Nc1nc(N2CC3CCC(C2)N3)c2ccc(-c3cc(O)cc4ccccc34)c(F)c2n1. The first kappa shape index (κ1) is 22.6. The number of fused-ring (bicyclic) bond motifs is 4. The van der Waals surface area contributed by atoms with E-state index in [1.54, 1.807) is 18.2 Å². The Kier molecular flexibility index (Phi) is 5.66. The molecule has 4 aromatic rings. The number of hydrogen-bond acceptors (Lipinski definition) is 7. The minimum atomic E-state index is -0.553. The predicted octanol–water partition coefficient (Wildman–Crippen LogP) is 3.56. The van der Waals surface area contributed by atoms with Crippen molar-refractivity contribution in [2.75, 3.05) is 29.9 Å². The zero-order chi connectivity index (χ0) is 24.8. The number of carbonyl (C=O) groups excluding carboxylic acids is 1. The highest BCUT2D eigenvalue weighted by molar-refractivity contribution is 6.02. The Bertz CT molecular complexity index is 1480. The molecule has 2 bridgehead atoms. The smallest absolute Gasteiger partial charge is 0.232 e. The average molecular weight is 488 g/mol. The summed E-state index contributed by atoms with van der Waals surface area (Å²) in [6.45, 7) is 1.15. The number of aliphatic hydroxyl groups excluding tert-OH is 1. The molecule has 1 aromatic heterocycles. The number of carbonyl (C=O) groups is 1. The van der Waals surface area contributed by atoms with Crippen LogP contribution in [0.2, 0.25) is 0 Å². The highest BCUT2D eigenvalue weighted by Gasteiger charge is 2.34. The predicted molar refractivity (Wildman–Crippen MR) is 137 cm³/mol. The monoisotopic (exact) mass is 487 g/mol. The van der Waals surface area contributed by atoms with Crippen LogP contribution in [-0.2, 0) is 4.79 Å². The van der Waals surface area contributed by atoms with Crippen molar-refractivity contribution in [2.24, 2.45) is 0 Å². The van der Waals surface area contributed by atoms with Gasteiger partial charge in [0.25, 0.3) is 0 Å². The molecule has 9 heteroatoms. The molecule has 184 valence electrons. The second-order valence-corrected chi connectivity index (χ2v) is 9.47. The summed E-state index contributed by atoms with van der Waals surface area (Å²) in [7, 11) is 0. The lowest BCUT2D eigenvalue weighted by molar-refractivity contribution is -0.116. The van der Waals surface area contributed by atoms with Crippen LogP contribution >= 0.6 is 0 Å². The van der Waals surface area contributed by atoms with Crippen molar-refractivity contribution >= 4 is 39.3 Å². The second kappa shape index (κ2) is 9.00. The summed E-state index contributed by atoms with van der Waals surface area (Å²) in [5, 5.41) is 27.8. The number of amides is 1. The molecule has 2 saturated heterocycles. The molecule has 2 aliphatic rings. The Morgan fingerprint density at radius 1 is 1.06 bits per heavy atom. The molecule has 2 unspecified atom stereocenters. The third kappa shape index (κ3) is 4.00. The number of halogens is 1. The molecule has 6 rings (SSSR count). The lowest BCUT2D eigenvalue weighted by atomic mass is 9.96. The van der Waals surface area contributed by atoms with Gasteiger partial charge in [0.15, 0.2) is 5.82 Å². The van der Waals surface area contributed by atoms with Gasteiger partial charge in [-0.25, -0.2) is 9.37 Å². The number of nitrogens with one attached hydrogen (secondary N) is 2. The van der Waals surface area contributed by atoms with Crippen LogP contribution in [0.15, 0.2) is 48.5 Å². The highest BCUT2D eigenvalue weighted by Crippen LogP contribution is 2.38. The molecule has 3 aromatic carbocycles. The van der Waals surface area contributed by atoms with E-state index in [0.29, 0.717) is 34.4 Å². The van der Waals surface area contributed by atoms with Gasteiger partial charge in [-0.3, -0.25) is 10.1 Å². The fourth-order valence-corrected chi connectivity index (χ4v) is 5.43. The van der Waals surface area contributed by atoms with Crippen molar-refractivity contribution < 1.29 is 19.4 Å². The van der Waals surface area contributed by atoms with Crippen LogP contribution in [0, 0.1) is 5.82 Å². The summed E-state index contributed by atoms with van der Waals surface area (Å²) < 4.78 is 16.2. The minimum Gasteiger partial charge on any atom is -0.508 e. The van der Waals surface area contributed by atoms with Gasteiger partial charge in [0, 0.05) is 36.1 Å². The van der Waals surface area contributed by atoms with E-state index in [0.717, 1.165) is 36.7 Å². The van der Waals surface area contributed by atoms with E-state index in [4.69, 9.17) is 5.11 Å². The summed E-state index contributed by atoms with van der Waals surface area (Å²) in [5.74, 6) is -0.385. The molecule has 8 nitrogen and oxygen atoms in total. The van der Waals surface area contributed by atoms with Crippen molar-refractivity contribution in [3.05, 3.63) is 54.3 Å². The van der Waals surface area contributed by atoms with Crippen molar-refractivity contribution in [3.8, 4) is 16.9 Å². The molecule has 2 fully saturated rings. The van der Waals surface area contributed by atoms with Crippen molar-refractivity contribution in [3.63, 3.8) is 0 Å². The topological polar surface area (TPSA) is 111 Å². The molecule has 36 heavy (non-hydrogen) atoms. The standard InChI is InChI=1S/C27H26FN5O3/c28-24-20(22-12-18(35)11-15-3-1-2-4-19(15)22)7-8-21-25(24)31-27(30-23(36)9-10-34)32-26(21)33-13-16-5-6-17(14-33)29-16/h1-4,7-8,11-12,16-17,29,34-35H,5-6,9-10,13-14H2,(H,30,31,32,36). The molecule has 1 amide bonds. The fraction of sp³-hybridized carbons (Fsp3) is 0.296. The molecular formula is C27H26FN5O3. The normalized spacial score (nSPS) is 19.2. The third-order valence-corrected chi connectivity index (χ3v) is 7.03. The number of rotatable bonds is 5. The van der Waals surface area contributed by atoms with Crippen molar-refractivity contribution in [1.82, 2.24) is 15.3 Å². The first-order valence-corrected chi connectivity index (χ1v) is 12.1. The molecule has 0 aliphatic carbocycles. The number of piperazine rings is 1. The lowest BCUT2D eigenvalue weighted by Crippen LogP contribution is -2.51. The maximum absolute atomic E-state index is 16.2. The Labute approximate surface area is 206 Å². The summed E-state index contributed by atoms with van der Waals surface area (Å²) in [6.07, 6.45) is 2.05. The van der Waals surface area contributed by atoms with Crippen LogP contribution in [0.4, 0.5) is 16.2 Å². The number of aromatic nitrogens is 2. The number of anilines is 2. The van der Waals surface area contributed by atoms with Crippen LogP contribution in [0.25, 0.3) is 32.8 Å². The van der Waals surface area contributed by atoms with Gasteiger partial charge < -0.3 is 20.4 Å². The number of aromatic hydroxyl groups is 1. The molecule has 0 spiro atoms. The van der Waals surface area contributed by atoms with E-state index in [1.807, 2.05) is 30.3 Å². The fourth-order valence-electron chi connectivity index (χ4n) is 5.43. The van der Waals surface area contributed by atoms with E-state index in [1.165, 1.54) is 0 Å². The Morgan fingerprint density at radius 3 is 2.61 bits per heavy atom. The summed E-state index contributed by atoms with van der Waals surface area (Å²) in [4.78, 5) is 23.4. The van der Waals surface area contributed by atoms with E-state index < -0.39 is 11.7 Å². The molecule has 0 saturated carbocycles. The maximum Gasteiger partial charge on any atom is 0.232 e. The lowest BCUT2D eigenvalue weighted by Gasteiger charge is -2.34. The van der Waals surface area contributed by atoms with Gasteiger partial charge in [0.1, 0.15) is 17.1 Å². The van der Waals surface area contributed by atoms with Gasteiger partial charge in [-0.15, -0.1) is 0 Å². The van der Waals surface area contributed by atoms with Gasteiger partial charge in [0.05, 0.1) is 13.0 Å². The van der Waals surface area contributed by atoms with Crippen LogP contribution in [-0.4, -0.2) is 57.9 Å². The van der Waals surface area contributed by atoms with Crippen molar-refractivity contribution in [2.45, 2.75) is 31.3 Å². The van der Waals surface area contributed by atoms with Crippen LogP contribution in [0.5, 0.6) is 5.75 Å². The van der Waals surface area contributed by atoms with Crippen LogP contribution in [0.1, 0.15) is 19.3 Å². The van der Waals surface area contributed by atoms with Gasteiger partial charge >= 0.3 is 0 Å². The summed E-state index contributed by atoms with van der Waals surface area (Å²) >= 11 is 0. The number of hydrogen-bond donors (Lipinski definition) is 4. The van der Waals surface area contributed by atoms with E-state index in [2.05, 4.69) is 25.5 Å². The molecule has 4 N–H and O–H groups in total. The van der Waals surface area contributed by atoms with E-state index >= 15 is 4.39 Å². The molecular weight excluding hydrogens is 461 g/mol. The highest BCUT2D eigenvalue weighted by atomic mass is 19.1. The Hall–Kier alpha value is -3.82. The summed E-state index contributed by atoms with van der Waals surface area (Å²) in [6, 6.07) is 14.9. The minimum absolute atomic E-state index is 0.00125. The quantitative estimate of drug-likeness (QED) is 0.341. The second-order valence-electron chi connectivity index (χ2n) is 9.47. The number of nitrogens with zero attached hydrogens (tertiary/aromatic N) is 3. The number of phenolic OH excluding ortho intramolecular Hbond substituents is 1. The van der Waals surface area contributed by atoms with Crippen LogP contribution in [0.3, 0.4) is 0 Å². The molecule has 2 aliphatic heterocycles.